The second kappa shape index (κ2) is 13.9. The van der Waals surface area contributed by atoms with Crippen molar-refractivity contribution in [2.75, 3.05) is 4.90 Å². The van der Waals surface area contributed by atoms with Gasteiger partial charge in [-0.05, 0) is 140 Å². The quantitative estimate of drug-likeness (QED) is 0.152. The van der Waals surface area contributed by atoms with Gasteiger partial charge in [0.25, 0.3) is 0 Å². The number of rotatable bonds is 6. The highest BCUT2D eigenvalue weighted by Crippen LogP contribution is 2.51. The molecule has 0 atom stereocenters. The molecule has 12 rings (SSSR count). The van der Waals surface area contributed by atoms with Crippen molar-refractivity contribution in [1.82, 2.24) is 4.57 Å². The van der Waals surface area contributed by atoms with E-state index in [9.17, 15) is 0 Å². The number of anilines is 3. The van der Waals surface area contributed by atoms with Gasteiger partial charge >= 0.3 is 0 Å². The summed E-state index contributed by atoms with van der Waals surface area (Å²) in [6.07, 6.45) is 0. The van der Waals surface area contributed by atoms with Crippen molar-refractivity contribution in [2.45, 2.75) is 26.2 Å². The lowest BCUT2D eigenvalue weighted by Crippen LogP contribution is -2.14. The van der Waals surface area contributed by atoms with Crippen LogP contribution < -0.4 is 4.90 Å². The van der Waals surface area contributed by atoms with Crippen LogP contribution in [0.2, 0.25) is 0 Å². The van der Waals surface area contributed by atoms with E-state index in [1.807, 2.05) is 0 Å². The number of benzene rings is 10. The first-order valence-electron chi connectivity index (χ1n) is 21.7. The molecular weight excluding hydrogens is 749 g/mol. The molecule has 62 heavy (non-hydrogen) atoms. The molecule has 0 radical (unpaired) electrons. The molecule has 0 aliphatic heterocycles. The van der Waals surface area contributed by atoms with Crippen LogP contribution in [0.15, 0.2) is 212 Å². The Morgan fingerprint density at radius 3 is 1.55 bits per heavy atom. The lowest BCUT2D eigenvalue weighted by Gasteiger charge is -2.26. The molecule has 0 saturated carbocycles. The van der Waals surface area contributed by atoms with Gasteiger partial charge in [0.15, 0.2) is 0 Å². The van der Waals surface area contributed by atoms with Gasteiger partial charge in [-0.2, -0.15) is 0 Å². The van der Waals surface area contributed by atoms with Crippen LogP contribution in [-0.4, -0.2) is 4.57 Å². The van der Waals surface area contributed by atoms with Gasteiger partial charge in [0.1, 0.15) is 0 Å². The molecule has 0 fully saturated rings. The van der Waals surface area contributed by atoms with Crippen LogP contribution in [0.4, 0.5) is 17.1 Å². The smallest absolute Gasteiger partial charge is 0.0541 e. The summed E-state index contributed by atoms with van der Waals surface area (Å²) < 4.78 is 2.38. The van der Waals surface area contributed by atoms with E-state index in [-0.39, 0.29) is 5.41 Å². The maximum Gasteiger partial charge on any atom is 0.0541 e. The number of aryl methyl sites for hydroxylation is 1. The molecule has 294 valence electrons. The fourth-order valence-electron chi connectivity index (χ4n) is 10.5. The molecule has 10 aromatic carbocycles. The molecule has 2 heteroatoms. The first-order chi connectivity index (χ1) is 30.4. The normalized spacial score (nSPS) is 12.9. The Bertz CT molecular complexity index is 3480. The number of para-hydroxylation sites is 3. The number of nitrogens with zero attached hydrogens (tertiary/aromatic N) is 2. The van der Waals surface area contributed by atoms with Gasteiger partial charge in [0, 0.05) is 38.9 Å². The maximum atomic E-state index is 2.47. The van der Waals surface area contributed by atoms with Gasteiger partial charge in [-0.25, -0.2) is 0 Å². The predicted molar refractivity (Wildman–Crippen MR) is 264 cm³/mol. The Morgan fingerprint density at radius 1 is 0.371 bits per heavy atom. The van der Waals surface area contributed by atoms with E-state index in [1.54, 1.807) is 0 Å². The summed E-state index contributed by atoms with van der Waals surface area (Å²) in [5, 5.41) is 7.61. The SMILES string of the molecule is Cc1ccc2c(-c3ccc4c(c3)C(C)(C)c3ccccc3-4)c3ccccc3c(-c3ccc(N(c4ccccc4)c4ccc(-n5c6ccccc6c6ccccc65)cc4)cc3)c2c1. The molecule has 1 aliphatic carbocycles. The minimum absolute atomic E-state index is 0.0756. The van der Waals surface area contributed by atoms with Crippen LogP contribution in [0, 0.1) is 6.92 Å². The zero-order valence-electron chi connectivity index (χ0n) is 35.1. The average Bonchev–Trinajstić information content (AvgIpc) is 3.77. The largest absolute Gasteiger partial charge is 0.311 e. The molecular formula is C60H44N2. The fraction of sp³-hybridized carbons (Fsp3) is 0.0667. The zero-order chi connectivity index (χ0) is 41.5. The zero-order valence-corrected chi connectivity index (χ0v) is 35.1. The highest BCUT2D eigenvalue weighted by molar-refractivity contribution is 6.21. The van der Waals surface area contributed by atoms with E-state index in [0.29, 0.717) is 0 Å². The molecule has 2 nitrogen and oxygen atoms in total. The minimum Gasteiger partial charge on any atom is -0.311 e. The van der Waals surface area contributed by atoms with Crippen molar-refractivity contribution < 1.29 is 0 Å². The van der Waals surface area contributed by atoms with Crippen LogP contribution in [0.25, 0.3) is 82.4 Å². The lowest BCUT2D eigenvalue weighted by atomic mass is 9.80. The van der Waals surface area contributed by atoms with Crippen LogP contribution in [0.3, 0.4) is 0 Å². The molecule has 0 N–H and O–H groups in total. The molecule has 0 spiro atoms. The van der Waals surface area contributed by atoms with Crippen LogP contribution in [0.1, 0.15) is 30.5 Å². The lowest BCUT2D eigenvalue weighted by molar-refractivity contribution is 0.660. The van der Waals surface area contributed by atoms with Gasteiger partial charge in [-0.15, -0.1) is 0 Å². The molecule has 0 bridgehead atoms. The fourth-order valence-corrected chi connectivity index (χ4v) is 10.5. The maximum absolute atomic E-state index is 2.47. The third kappa shape index (κ3) is 5.50. The van der Waals surface area contributed by atoms with Crippen molar-refractivity contribution in [3.05, 3.63) is 229 Å². The van der Waals surface area contributed by atoms with Gasteiger partial charge in [-0.1, -0.05) is 165 Å². The summed E-state index contributed by atoms with van der Waals surface area (Å²) in [5.74, 6) is 0. The first kappa shape index (κ1) is 36.2. The van der Waals surface area contributed by atoms with E-state index in [4.69, 9.17) is 0 Å². The Balaban J connectivity index is 0.979. The van der Waals surface area contributed by atoms with Gasteiger partial charge in [-0.3, -0.25) is 0 Å². The predicted octanol–water partition coefficient (Wildman–Crippen LogP) is 16.5. The van der Waals surface area contributed by atoms with E-state index in [0.717, 1.165) is 22.7 Å². The molecule has 0 amide bonds. The minimum atomic E-state index is -0.0756. The van der Waals surface area contributed by atoms with E-state index >= 15 is 0 Å². The topological polar surface area (TPSA) is 8.17 Å². The Labute approximate surface area is 362 Å². The second-order valence-electron chi connectivity index (χ2n) is 17.4. The highest BCUT2D eigenvalue weighted by atomic mass is 15.1. The van der Waals surface area contributed by atoms with Crippen molar-refractivity contribution >= 4 is 60.4 Å². The summed E-state index contributed by atoms with van der Waals surface area (Å²) >= 11 is 0. The summed E-state index contributed by atoms with van der Waals surface area (Å²) in [6.45, 7) is 6.95. The van der Waals surface area contributed by atoms with Crippen molar-refractivity contribution in [3.8, 4) is 39.1 Å². The Morgan fingerprint density at radius 2 is 0.871 bits per heavy atom. The molecule has 1 aromatic heterocycles. The van der Waals surface area contributed by atoms with E-state index < -0.39 is 0 Å². The Hall–Kier alpha value is -7.68. The number of hydrogen-bond donors (Lipinski definition) is 0. The number of fused-ring (bicyclic) bond motifs is 8. The van der Waals surface area contributed by atoms with Gasteiger partial charge in [0.05, 0.1) is 11.0 Å². The molecule has 0 unspecified atom stereocenters. The van der Waals surface area contributed by atoms with Crippen molar-refractivity contribution in [3.63, 3.8) is 0 Å². The first-order valence-corrected chi connectivity index (χ1v) is 21.7. The summed E-state index contributed by atoms with van der Waals surface area (Å²) in [7, 11) is 0. The van der Waals surface area contributed by atoms with Gasteiger partial charge < -0.3 is 9.47 Å². The highest BCUT2D eigenvalue weighted by Gasteiger charge is 2.35. The standard InChI is InChI=1S/C60H44N2/c1-39-25-35-52-53(37-39)58(50-20-7-8-21-51(50)59(52)41-28-36-47-46-17-9-12-22-54(46)60(2,3)55(47)38-41)40-26-29-43(30-27-40)61(42-15-5-4-6-16-42)44-31-33-45(34-32-44)62-56-23-13-10-18-48(56)49-19-11-14-24-57(49)62/h4-38H,1-3H3. The molecule has 11 aromatic rings. The summed E-state index contributed by atoms with van der Waals surface area (Å²) in [6, 6.07) is 78.4. The molecule has 1 heterocycles. The van der Waals surface area contributed by atoms with Crippen molar-refractivity contribution in [2.24, 2.45) is 0 Å². The summed E-state index contributed by atoms with van der Waals surface area (Å²) in [4.78, 5) is 2.36. The molecule has 1 aliphatic rings. The Kier molecular flexibility index (Phi) is 8.14. The van der Waals surface area contributed by atoms with Crippen LogP contribution in [0.5, 0.6) is 0 Å². The number of aromatic nitrogens is 1. The van der Waals surface area contributed by atoms with Crippen LogP contribution >= 0.6 is 0 Å². The second-order valence-corrected chi connectivity index (χ2v) is 17.4. The summed E-state index contributed by atoms with van der Waals surface area (Å²) in [5.41, 5.74) is 18.6. The average molecular weight is 793 g/mol. The van der Waals surface area contributed by atoms with Crippen molar-refractivity contribution in [1.29, 1.82) is 0 Å². The van der Waals surface area contributed by atoms with E-state index in [1.165, 1.54) is 93.4 Å². The third-order valence-corrected chi connectivity index (χ3v) is 13.4. The van der Waals surface area contributed by atoms with Gasteiger partial charge in [0.2, 0.25) is 0 Å². The number of hydrogen-bond acceptors (Lipinski definition) is 1. The third-order valence-electron chi connectivity index (χ3n) is 13.4. The van der Waals surface area contributed by atoms with Crippen LogP contribution in [-0.2, 0) is 5.41 Å². The molecule has 0 saturated heterocycles. The van der Waals surface area contributed by atoms with E-state index in [2.05, 4.69) is 243 Å². The monoisotopic (exact) mass is 792 g/mol.